The minimum absolute atomic E-state index is 0.117. The van der Waals surface area contributed by atoms with Crippen molar-refractivity contribution in [2.45, 2.75) is 18.7 Å². The second-order valence-electron chi connectivity index (χ2n) is 5.00. The molecule has 0 fully saturated rings. The summed E-state index contributed by atoms with van der Waals surface area (Å²) in [7, 11) is 0. The highest BCUT2D eigenvalue weighted by atomic mass is 19.4. The molecule has 3 rings (SSSR count). The molecule has 1 aliphatic rings. The first kappa shape index (κ1) is 13.7. The largest absolute Gasteiger partial charge is 0.480 e. The van der Waals surface area contributed by atoms with Gasteiger partial charge >= 0.3 is 6.18 Å². The van der Waals surface area contributed by atoms with Gasteiger partial charge in [0.05, 0.1) is 0 Å². The second kappa shape index (κ2) is 4.95. The van der Waals surface area contributed by atoms with E-state index in [1.54, 1.807) is 18.2 Å². The number of hydrogen-bond acceptors (Lipinski definition) is 1. The van der Waals surface area contributed by atoms with Gasteiger partial charge in [-0.15, -0.1) is 0 Å². The summed E-state index contributed by atoms with van der Waals surface area (Å²) in [6.07, 6.45) is -4.44. The Labute approximate surface area is 120 Å². The maximum Gasteiger partial charge on any atom is 0.425 e. The van der Waals surface area contributed by atoms with E-state index in [1.165, 1.54) is 0 Å². The molecule has 1 unspecified atom stereocenters. The molecule has 4 heteroatoms. The van der Waals surface area contributed by atoms with Crippen LogP contribution in [0.2, 0.25) is 0 Å². The van der Waals surface area contributed by atoms with Crippen LogP contribution in [0.5, 0.6) is 5.75 Å². The number of benzene rings is 2. The molecule has 1 nitrogen and oxygen atoms in total. The first-order valence-corrected chi connectivity index (χ1v) is 6.56. The van der Waals surface area contributed by atoms with Crippen LogP contribution < -0.4 is 4.74 Å². The predicted octanol–water partition coefficient (Wildman–Crippen LogP) is 4.86. The lowest BCUT2D eigenvalue weighted by atomic mass is 10.0. The maximum atomic E-state index is 12.7. The van der Waals surface area contributed by atoms with Crippen molar-refractivity contribution in [3.63, 3.8) is 0 Å². The number of hydrogen-bond donors (Lipinski definition) is 0. The Kier molecular flexibility index (Phi) is 3.24. The van der Waals surface area contributed by atoms with Gasteiger partial charge in [-0.05, 0) is 28.3 Å². The summed E-state index contributed by atoms with van der Waals surface area (Å²) in [5.41, 5.74) is 3.37. The Bertz CT molecular complexity index is 671. The zero-order valence-corrected chi connectivity index (χ0v) is 11.2. The fourth-order valence-electron chi connectivity index (χ4n) is 2.40. The minimum atomic E-state index is -4.33. The molecule has 0 saturated carbocycles. The smallest absolute Gasteiger partial charge is 0.425 e. The monoisotopic (exact) mass is 290 g/mol. The topological polar surface area (TPSA) is 9.23 Å². The number of halogens is 3. The SMILES string of the molecule is C=Cc1ccc(-c2ccc3c(c2)OC(C(F)(F)F)C3)cc1. The van der Waals surface area contributed by atoms with Gasteiger partial charge in [-0.3, -0.25) is 0 Å². The predicted molar refractivity (Wildman–Crippen MR) is 76.1 cm³/mol. The first-order valence-electron chi connectivity index (χ1n) is 6.56. The van der Waals surface area contributed by atoms with Gasteiger partial charge in [-0.1, -0.05) is 49.1 Å². The minimum Gasteiger partial charge on any atom is -0.480 e. The van der Waals surface area contributed by atoms with E-state index in [0.717, 1.165) is 16.7 Å². The van der Waals surface area contributed by atoms with Crippen molar-refractivity contribution in [3.8, 4) is 16.9 Å². The molecule has 0 aromatic heterocycles. The van der Waals surface area contributed by atoms with Crippen LogP contribution in [0.3, 0.4) is 0 Å². The molecule has 0 spiro atoms. The second-order valence-corrected chi connectivity index (χ2v) is 5.00. The van der Waals surface area contributed by atoms with Crippen LogP contribution in [-0.4, -0.2) is 12.3 Å². The van der Waals surface area contributed by atoms with E-state index in [9.17, 15) is 13.2 Å². The van der Waals surface area contributed by atoms with Gasteiger partial charge < -0.3 is 4.74 Å². The molecule has 1 aliphatic heterocycles. The van der Waals surface area contributed by atoms with Gasteiger partial charge in [0.25, 0.3) is 0 Å². The van der Waals surface area contributed by atoms with Gasteiger partial charge in [0, 0.05) is 6.42 Å². The lowest BCUT2D eigenvalue weighted by molar-refractivity contribution is -0.189. The highest BCUT2D eigenvalue weighted by Crippen LogP contribution is 2.38. The van der Waals surface area contributed by atoms with Crippen molar-refractivity contribution >= 4 is 6.08 Å². The summed E-state index contributed by atoms with van der Waals surface area (Å²) in [5, 5.41) is 0. The van der Waals surface area contributed by atoms with Gasteiger partial charge in [0.2, 0.25) is 0 Å². The van der Waals surface area contributed by atoms with Crippen LogP contribution in [0, 0.1) is 0 Å². The number of alkyl halides is 3. The zero-order valence-electron chi connectivity index (χ0n) is 11.2. The molecule has 0 radical (unpaired) electrons. The fourth-order valence-corrected chi connectivity index (χ4v) is 2.40. The Morgan fingerprint density at radius 2 is 1.71 bits per heavy atom. The van der Waals surface area contributed by atoms with E-state index >= 15 is 0 Å². The van der Waals surface area contributed by atoms with Crippen molar-refractivity contribution in [1.29, 1.82) is 0 Å². The number of fused-ring (bicyclic) bond motifs is 1. The molecule has 0 N–H and O–H groups in total. The number of rotatable bonds is 2. The van der Waals surface area contributed by atoms with E-state index in [-0.39, 0.29) is 6.42 Å². The molecule has 2 aromatic rings. The van der Waals surface area contributed by atoms with Crippen LogP contribution >= 0.6 is 0 Å². The average molecular weight is 290 g/mol. The molecule has 0 saturated heterocycles. The quantitative estimate of drug-likeness (QED) is 0.767. The molecule has 0 aliphatic carbocycles. The maximum absolute atomic E-state index is 12.7. The van der Waals surface area contributed by atoms with E-state index < -0.39 is 12.3 Å². The van der Waals surface area contributed by atoms with Crippen LogP contribution in [0.1, 0.15) is 11.1 Å². The highest BCUT2D eigenvalue weighted by molar-refractivity contribution is 5.68. The Morgan fingerprint density at radius 1 is 1.05 bits per heavy atom. The third kappa shape index (κ3) is 2.66. The summed E-state index contributed by atoms with van der Waals surface area (Å²) in [5.74, 6) is 0.322. The van der Waals surface area contributed by atoms with Gasteiger partial charge in [-0.2, -0.15) is 13.2 Å². The van der Waals surface area contributed by atoms with Crippen molar-refractivity contribution in [2.24, 2.45) is 0 Å². The van der Waals surface area contributed by atoms with E-state index in [2.05, 4.69) is 6.58 Å². The molecule has 0 amide bonds. The van der Waals surface area contributed by atoms with Crippen LogP contribution in [0.4, 0.5) is 13.2 Å². The lowest BCUT2D eigenvalue weighted by Crippen LogP contribution is -2.32. The Morgan fingerprint density at radius 3 is 2.33 bits per heavy atom. The summed E-state index contributed by atoms with van der Waals surface area (Å²) in [6.45, 7) is 3.69. The highest BCUT2D eigenvalue weighted by Gasteiger charge is 2.45. The number of ether oxygens (including phenoxy) is 1. The van der Waals surface area contributed by atoms with Crippen LogP contribution in [0.15, 0.2) is 49.0 Å². The van der Waals surface area contributed by atoms with Gasteiger partial charge in [0.1, 0.15) is 5.75 Å². The van der Waals surface area contributed by atoms with Crippen molar-refractivity contribution in [3.05, 3.63) is 60.2 Å². The van der Waals surface area contributed by atoms with Crippen molar-refractivity contribution in [2.75, 3.05) is 0 Å². The van der Waals surface area contributed by atoms with Crippen molar-refractivity contribution in [1.82, 2.24) is 0 Å². The summed E-state index contributed by atoms with van der Waals surface area (Å²) in [6, 6.07) is 12.8. The summed E-state index contributed by atoms with van der Waals surface area (Å²) < 4.78 is 43.1. The molecule has 0 bridgehead atoms. The Balaban J connectivity index is 1.89. The lowest BCUT2D eigenvalue weighted by Gasteiger charge is -2.14. The summed E-state index contributed by atoms with van der Waals surface area (Å²) in [4.78, 5) is 0. The van der Waals surface area contributed by atoms with E-state index in [1.807, 2.05) is 30.3 Å². The molecular formula is C17H13F3O. The van der Waals surface area contributed by atoms with E-state index in [4.69, 9.17) is 4.74 Å². The average Bonchev–Trinajstić information content (AvgIpc) is 2.90. The summed E-state index contributed by atoms with van der Waals surface area (Å²) >= 11 is 0. The molecule has 1 atom stereocenters. The molecule has 1 heterocycles. The standard InChI is InChI=1S/C17H13F3O/c1-2-11-3-5-12(6-4-11)13-7-8-14-10-16(17(18,19)20)21-15(14)9-13/h2-9,16H,1,10H2. The normalized spacial score (nSPS) is 17.2. The van der Waals surface area contributed by atoms with Crippen molar-refractivity contribution < 1.29 is 17.9 Å². The molecule has 21 heavy (non-hydrogen) atoms. The van der Waals surface area contributed by atoms with Crippen LogP contribution in [-0.2, 0) is 6.42 Å². The van der Waals surface area contributed by atoms with Gasteiger partial charge in [0.15, 0.2) is 6.10 Å². The zero-order chi connectivity index (χ0) is 15.0. The molecular weight excluding hydrogens is 277 g/mol. The van der Waals surface area contributed by atoms with E-state index in [0.29, 0.717) is 11.3 Å². The molecule has 108 valence electrons. The van der Waals surface area contributed by atoms with Crippen LogP contribution in [0.25, 0.3) is 17.2 Å². The van der Waals surface area contributed by atoms with Gasteiger partial charge in [-0.25, -0.2) is 0 Å². The third-order valence-electron chi connectivity index (χ3n) is 3.59. The Hall–Kier alpha value is -2.23. The molecule has 2 aromatic carbocycles. The fraction of sp³-hybridized carbons (Fsp3) is 0.176. The third-order valence-corrected chi connectivity index (χ3v) is 3.59. The first-order chi connectivity index (χ1) is 9.97.